The van der Waals surface area contributed by atoms with Crippen LogP contribution in [0.1, 0.15) is 37.6 Å². The fraction of sp³-hybridized carbons (Fsp3) is 0.526. The molecule has 2 aromatic rings. The Balaban J connectivity index is 1.58. The largest absolute Gasteiger partial charge is 0.486 e. The summed E-state index contributed by atoms with van der Waals surface area (Å²) >= 11 is 0. The molecule has 0 radical (unpaired) electrons. The molecule has 1 saturated heterocycles. The molecule has 5 heteroatoms. The van der Waals surface area contributed by atoms with E-state index in [9.17, 15) is 5.11 Å². The van der Waals surface area contributed by atoms with Crippen LogP contribution in [0.2, 0.25) is 0 Å². The molecule has 1 aliphatic heterocycles. The van der Waals surface area contributed by atoms with Crippen LogP contribution < -0.4 is 4.74 Å². The van der Waals surface area contributed by atoms with Gasteiger partial charge in [-0.25, -0.2) is 4.98 Å². The normalized spacial score (nSPS) is 21.8. The topological polar surface area (TPSA) is 50.5 Å². The van der Waals surface area contributed by atoms with E-state index in [4.69, 9.17) is 4.74 Å². The summed E-state index contributed by atoms with van der Waals surface area (Å²) < 4.78 is 7.76. The molecule has 0 saturated carbocycles. The summed E-state index contributed by atoms with van der Waals surface area (Å²) in [4.78, 5) is 6.68. The zero-order valence-corrected chi connectivity index (χ0v) is 14.6. The zero-order chi connectivity index (χ0) is 16.9. The molecule has 0 amide bonds. The molecule has 130 valence electrons. The number of benzene rings is 1. The Morgan fingerprint density at radius 1 is 1.25 bits per heavy atom. The first-order chi connectivity index (χ1) is 11.7. The molecule has 1 aromatic heterocycles. The Morgan fingerprint density at radius 3 is 2.71 bits per heavy atom. The predicted molar refractivity (Wildman–Crippen MR) is 93.7 cm³/mol. The maximum Gasteiger partial charge on any atom is 0.146 e. The van der Waals surface area contributed by atoms with E-state index in [0.717, 1.165) is 24.5 Å². The van der Waals surface area contributed by atoms with E-state index in [0.29, 0.717) is 12.6 Å². The molecular weight excluding hydrogens is 302 g/mol. The van der Waals surface area contributed by atoms with Crippen molar-refractivity contribution in [2.45, 2.75) is 51.4 Å². The Labute approximate surface area is 143 Å². The fourth-order valence-electron chi connectivity index (χ4n) is 3.41. The first-order valence-corrected chi connectivity index (χ1v) is 8.72. The number of aliphatic hydroxyl groups excluding tert-OH is 1. The molecule has 2 heterocycles. The number of rotatable bonds is 6. The molecule has 1 aliphatic rings. The standard InChI is InChI=1S/C19H27N3O2/c1-15-4-3-5-17(13-23)22(15)12-16-6-8-18(9-7-16)24-14-19-20-10-11-21(19)2/h6-11,15,17,23H,3-5,12-14H2,1-2H3. The number of nitrogens with zero attached hydrogens (tertiary/aromatic N) is 3. The minimum atomic E-state index is 0.245. The third-order valence-corrected chi connectivity index (χ3v) is 4.98. The lowest BCUT2D eigenvalue weighted by Gasteiger charge is -2.40. The number of aromatic nitrogens is 2. The van der Waals surface area contributed by atoms with Gasteiger partial charge in [0.05, 0.1) is 6.61 Å². The minimum Gasteiger partial charge on any atom is -0.486 e. The summed E-state index contributed by atoms with van der Waals surface area (Å²) in [7, 11) is 1.96. The Hall–Kier alpha value is -1.85. The molecule has 1 N–H and O–H groups in total. The summed E-state index contributed by atoms with van der Waals surface area (Å²) in [5, 5.41) is 9.61. The van der Waals surface area contributed by atoms with Gasteiger partial charge >= 0.3 is 0 Å². The van der Waals surface area contributed by atoms with Crippen molar-refractivity contribution in [3.05, 3.63) is 48.0 Å². The van der Waals surface area contributed by atoms with Gasteiger partial charge in [-0.05, 0) is 37.5 Å². The second kappa shape index (κ2) is 7.81. The molecule has 1 aromatic carbocycles. The summed E-state index contributed by atoms with van der Waals surface area (Å²) in [6.07, 6.45) is 7.20. The van der Waals surface area contributed by atoms with Crippen LogP contribution in [0.15, 0.2) is 36.7 Å². The second-order valence-corrected chi connectivity index (χ2v) is 6.68. The first-order valence-electron chi connectivity index (χ1n) is 8.72. The number of imidazole rings is 1. The van der Waals surface area contributed by atoms with Gasteiger partial charge in [0, 0.05) is 38.1 Å². The Kier molecular flexibility index (Phi) is 5.53. The van der Waals surface area contributed by atoms with Gasteiger partial charge in [0.1, 0.15) is 18.2 Å². The minimum absolute atomic E-state index is 0.245. The van der Waals surface area contributed by atoms with Crippen molar-refractivity contribution in [2.75, 3.05) is 6.61 Å². The van der Waals surface area contributed by atoms with Crippen molar-refractivity contribution in [3.63, 3.8) is 0 Å². The van der Waals surface area contributed by atoms with Gasteiger partial charge in [-0.2, -0.15) is 0 Å². The van der Waals surface area contributed by atoms with Crippen molar-refractivity contribution in [3.8, 4) is 5.75 Å². The quantitative estimate of drug-likeness (QED) is 0.885. The van der Waals surface area contributed by atoms with Gasteiger partial charge in [0.2, 0.25) is 0 Å². The number of aliphatic hydroxyl groups is 1. The molecule has 0 aliphatic carbocycles. The zero-order valence-electron chi connectivity index (χ0n) is 14.6. The highest BCUT2D eigenvalue weighted by molar-refractivity contribution is 5.27. The average Bonchev–Trinajstić information content (AvgIpc) is 3.01. The van der Waals surface area contributed by atoms with Crippen LogP contribution >= 0.6 is 0 Å². The third-order valence-electron chi connectivity index (χ3n) is 4.98. The number of likely N-dealkylation sites (tertiary alicyclic amines) is 1. The molecule has 3 rings (SSSR count). The summed E-state index contributed by atoms with van der Waals surface area (Å²) in [6, 6.07) is 9.07. The van der Waals surface area contributed by atoms with Gasteiger partial charge in [0.15, 0.2) is 0 Å². The van der Waals surface area contributed by atoms with Crippen molar-refractivity contribution >= 4 is 0 Å². The van der Waals surface area contributed by atoms with Crippen LogP contribution in [0.4, 0.5) is 0 Å². The van der Waals surface area contributed by atoms with Crippen LogP contribution in [-0.2, 0) is 20.2 Å². The van der Waals surface area contributed by atoms with E-state index < -0.39 is 0 Å². The third kappa shape index (κ3) is 3.97. The highest BCUT2D eigenvalue weighted by Gasteiger charge is 2.27. The van der Waals surface area contributed by atoms with Crippen molar-refractivity contribution < 1.29 is 9.84 Å². The first kappa shape index (κ1) is 17.0. The summed E-state index contributed by atoms with van der Waals surface area (Å²) in [5.41, 5.74) is 1.26. The van der Waals surface area contributed by atoms with Crippen molar-refractivity contribution in [1.29, 1.82) is 0 Å². The number of aryl methyl sites for hydroxylation is 1. The van der Waals surface area contributed by atoms with Gasteiger partial charge in [-0.1, -0.05) is 18.6 Å². The van der Waals surface area contributed by atoms with E-state index in [1.807, 2.05) is 29.9 Å². The molecule has 2 unspecified atom stereocenters. The van der Waals surface area contributed by atoms with Crippen molar-refractivity contribution in [2.24, 2.45) is 7.05 Å². The van der Waals surface area contributed by atoms with Crippen LogP contribution in [0.3, 0.4) is 0 Å². The Bertz CT molecular complexity index is 638. The monoisotopic (exact) mass is 329 g/mol. The molecular formula is C19H27N3O2. The molecule has 0 spiro atoms. The number of piperidine rings is 1. The number of ether oxygens (including phenoxy) is 1. The summed E-state index contributed by atoms with van der Waals surface area (Å²) in [5.74, 6) is 1.76. The number of hydrogen-bond donors (Lipinski definition) is 1. The second-order valence-electron chi connectivity index (χ2n) is 6.68. The van der Waals surface area contributed by atoms with E-state index >= 15 is 0 Å². The van der Waals surface area contributed by atoms with E-state index in [2.05, 4.69) is 28.9 Å². The lowest BCUT2D eigenvalue weighted by atomic mass is 9.96. The molecule has 5 nitrogen and oxygen atoms in total. The Morgan fingerprint density at radius 2 is 2.04 bits per heavy atom. The van der Waals surface area contributed by atoms with Gasteiger partial charge in [-0.3, -0.25) is 4.90 Å². The van der Waals surface area contributed by atoms with Crippen molar-refractivity contribution in [1.82, 2.24) is 14.5 Å². The van der Waals surface area contributed by atoms with Crippen LogP contribution in [0.25, 0.3) is 0 Å². The van der Waals surface area contributed by atoms with E-state index in [-0.39, 0.29) is 12.6 Å². The van der Waals surface area contributed by atoms with Crippen LogP contribution in [0, 0.1) is 0 Å². The van der Waals surface area contributed by atoms with Gasteiger partial charge in [0.25, 0.3) is 0 Å². The molecule has 0 bridgehead atoms. The van der Waals surface area contributed by atoms with Gasteiger partial charge in [-0.15, -0.1) is 0 Å². The highest BCUT2D eigenvalue weighted by atomic mass is 16.5. The van der Waals surface area contributed by atoms with E-state index in [1.165, 1.54) is 18.4 Å². The van der Waals surface area contributed by atoms with Gasteiger partial charge < -0.3 is 14.4 Å². The molecule has 24 heavy (non-hydrogen) atoms. The maximum absolute atomic E-state index is 9.61. The predicted octanol–water partition coefficient (Wildman–Crippen LogP) is 2.73. The lowest BCUT2D eigenvalue weighted by molar-refractivity contribution is 0.0452. The molecule has 1 fully saturated rings. The number of hydrogen-bond acceptors (Lipinski definition) is 4. The maximum atomic E-state index is 9.61. The highest BCUT2D eigenvalue weighted by Crippen LogP contribution is 2.25. The molecule has 2 atom stereocenters. The van der Waals surface area contributed by atoms with Crippen LogP contribution in [0.5, 0.6) is 5.75 Å². The van der Waals surface area contributed by atoms with E-state index in [1.54, 1.807) is 6.20 Å². The SMILES string of the molecule is CC1CCCC(CO)N1Cc1ccc(OCc2nccn2C)cc1. The average molecular weight is 329 g/mol. The lowest BCUT2D eigenvalue weighted by Crippen LogP contribution is -2.46. The van der Waals surface area contributed by atoms with Crippen LogP contribution in [-0.4, -0.2) is 38.2 Å². The summed E-state index contributed by atoms with van der Waals surface area (Å²) in [6.45, 7) is 3.85. The fourth-order valence-corrected chi connectivity index (χ4v) is 3.41. The smallest absolute Gasteiger partial charge is 0.146 e.